The summed E-state index contributed by atoms with van der Waals surface area (Å²) in [5.74, 6) is 1.57. The van der Waals surface area contributed by atoms with Crippen molar-refractivity contribution in [1.29, 1.82) is 0 Å². The van der Waals surface area contributed by atoms with Gasteiger partial charge in [0.1, 0.15) is 0 Å². The van der Waals surface area contributed by atoms with Gasteiger partial charge >= 0.3 is 0 Å². The molecule has 2 heterocycles. The summed E-state index contributed by atoms with van der Waals surface area (Å²) < 4.78 is 5.68. The van der Waals surface area contributed by atoms with Gasteiger partial charge in [0.25, 0.3) is 0 Å². The molecule has 108 valence electrons. The zero-order valence-corrected chi connectivity index (χ0v) is 12.5. The summed E-state index contributed by atoms with van der Waals surface area (Å²) in [4.78, 5) is 1.43. The summed E-state index contributed by atoms with van der Waals surface area (Å²) in [6.45, 7) is 1.06. The van der Waals surface area contributed by atoms with Gasteiger partial charge in [-0.25, -0.2) is 0 Å². The molecule has 1 aliphatic carbocycles. The zero-order valence-electron chi connectivity index (χ0n) is 11.7. The number of hydrogen-bond acceptors (Lipinski definition) is 5. The maximum atomic E-state index is 5.68. The van der Waals surface area contributed by atoms with Crippen LogP contribution in [0.4, 0.5) is 0 Å². The van der Waals surface area contributed by atoms with Crippen molar-refractivity contribution in [2.45, 2.75) is 51.0 Å². The second kappa shape index (κ2) is 6.99. The maximum absolute atomic E-state index is 5.68. The minimum Gasteiger partial charge on any atom is -0.425 e. The Morgan fingerprint density at radius 3 is 2.65 bits per heavy atom. The van der Waals surface area contributed by atoms with E-state index in [0.717, 1.165) is 56.5 Å². The molecule has 0 unspecified atom stereocenters. The van der Waals surface area contributed by atoms with Gasteiger partial charge in [-0.05, 0) is 50.1 Å². The molecule has 0 bridgehead atoms. The van der Waals surface area contributed by atoms with Crippen LogP contribution in [-0.2, 0) is 19.3 Å². The molecule has 3 rings (SSSR count). The predicted octanol–water partition coefficient (Wildman–Crippen LogP) is 2.99. The van der Waals surface area contributed by atoms with Crippen LogP contribution in [0.25, 0.3) is 0 Å². The number of hydrogen-bond donors (Lipinski definition) is 1. The number of nitrogens with one attached hydrogen (secondary N) is 1. The van der Waals surface area contributed by atoms with Crippen molar-refractivity contribution < 1.29 is 4.42 Å². The van der Waals surface area contributed by atoms with Gasteiger partial charge in [0, 0.05) is 23.8 Å². The second-order valence-electron chi connectivity index (χ2n) is 5.35. The highest BCUT2D eigenvalue weighted by molar-refractivity contribution is 7.09. The predicted molar refractivity (Wildman–Crippen MR) is 80.0 cm³/mol. The molecule has 0 saturated heterocycles. The topological polar surface area (TPSA) is 51.0 Å². The standard InChI is InChI=1S/C15H21N3OS/c1(4-13-5-3-11-20-13)6-14-17-18-15(19-14)7-2-10-16-12-8-9-12/h3,5,11-12,16H,1-2,4,6-10H2. The summed E-state index contributed by atoms with van der Waals surface area (Å²) >= 11 is 1.81. The minimum atomic E-state index is 0.783. The highest BCUT2D eigenvalue weighted by Gasteiger charge is 2.19. The number of nitrogens with zero attached hydrogens (tertiary/aromatic N) is 2. The van der Waals surface area contributed by atoms with Crippen LogP contribution in [-0.4, -0.2) is 22.8 Å². The Bertz CT molecular complexity index is 505. The molecule has 1 fully saturated rings. The normalized spacial score (nSPS) is 14.8. The maximum Gasteiger partial charge on any atom is 0.216 e. The van der Waals surface area contributed by atoms with E-state index in [0.29, 0.717) is 0 Å². The first-order valence-corrected chi connectivity index (χ1v) is 8.35. The highest BCUT2D eigenvalue weighted by atomic mass is 32.1. The Hall–Kier alpha value is -1.20. The molecule has 1 saturated carbocycles. The van der Waals surface area contributed by atoms with E-state index < -0.39 is 0 Å². The minimum absolute atomic E-state index is 0.783. The average Bonchev–Trinajstić information content (AvgIpc) is 2.95. The van der Waals surface area contributed by atoms with Gasteiger partial charge in [-0.15, -0.1) is 21.5 Å². The number of thiophene rings is 1. The number of rotatable bonds is 9. The molecule has 20 heavy (non-hydrogen) atoms. The molecule has 0 aliphatic heterocycles. The fraction of sp³-hybridized carbons (Fsp3) is 0.600. The summed E-state index contributed by atoms with van der Waals surface area (Å²) in [6, 6.07) is 5.06. The Morgan fingerprint density at radius 2 is 1.95 bits per heavy atom. The lowest BCUT2D eigenvalue weighted by atomic mass is 10.2. The van der Waals surface area contributed by atoms with Crippen LogP contribution in [0.15, 0.2) is 21.9 Å². The van der Waals surface area contributed by atoms with E-state index in [2.05, 4.69) is 33.0 Å². The van der Waals surface area contributed by atoms with Gasteiger partial charge in [0.2, 0.25) is 11.8 Å². The lowest BCUT2D eigenvalue weighted by molar-refractivity contribution is 0.437. The fourth-order valence-corrected chi connectivity index (χ4v) is 2.94. The van der Waals surface area contributed by atoms with E-state index in [1.807, 2.05) is 11.3 Å². The van der Waals surface area contributed by atoms with Crippen LogP contribution >= 0.6 is 11.3 Å². The molecule has 1 aliphatic rings. The van der Waals surface area contributed by atoms with E-state index in [1.165, 1.54) is 17.7 Å². The lowest BCUT2D eigenvalue weighted by Crippen LogP contribution is -2.17. The highest BCUT2D eigenvalue weighted by Crippen LogP contribution is 2.18. The Labute approximate surface area is 123 Å². The SMILES string of the molecule is c1csc(CCCc2nnc(CCCNC3CC3)o2)c1. The fourth-order valence-electron chi connectivity index (χ4n) is 2.19. The van der Waals surface area contributed by atoms with Crippen LogP contribution in [0.2, 0.25) is 0 Å². The van der Waals surface area contributed by atoms with Gasteiger partial charge in [0.05, 0.1) is 0 Å². The third-order valence-corrected chi connectivity index (χ3v) is 4.42. The number of aryl methyl sites for hydroxylation is 3. The first kappa shape index (κ1) is 13.8. The molecule has 0 spiro atoms. The Balaban J connectivity index is 1.33. The van der Waals surface area contributed by atoms with Crippen molar-refractivity contribution in [3.8, 4) is 0 Å². The molecule has 5 heteroatoms. The van der Waals surface area contributed by atoms with Crippen LogP contribution in [0.1, 0.15) is 42.3 Å². The molecular weight excluding hydrogens is 270 g/mol. The van der Waals surface area contributed by atoms with E-state index in [9.17, 15) is 0 Å². The van der Waals surface area contributed by atoms with Crippen molar-refractivity contribution in [3.05, 3.63) is 34.2 Å². The van der Waals surface area contributed by atoms with Crippen LogP contribution in [0, 0.1) is 0 Å². The van der Waals surface area contributed by atoms with E-state index in [4.69, 9.17) is 4.42 Å². The Kier molecular flexibility index (Phi) is 4.82. The molecule has 0 atom stereocenters. The van der Waals surface area contributed by atoms with Crippen molar-refractivity contribution in [2.75, 3.05) is 6.54 Å². The molecule has 0 aromatic carbocycles. The molecule has 1 N–H and O–H groups in total. The van der Waals surface area contributed by atoms with Crippen molar-refractivity contribution in [3.63, 3.8) is 0 Å². The van der Waals surface area contributed by atoms with E-state index in [-0.39, 0.29) is 0 Å². The Morgan fingerprint density at radius 1 is 1.15 bits per heavy atom. The summed E-state index contributed by atoms with van der Waals surface area (Å²) in [6.07, 6.45) is 7.70. The van der Waals surface area contributed by atoms with Crippen LogP contribution in [0.3, 0.4) is 0 Å². The molecule has 0 amide bonds. The number of aromatic nitrogens is 2. The molecule has 2 aromatic heterocycles. The smallest absolute Gasteiger partial charge is 0.216 e. The average molecular weight is 291 g/mol. The van der Waals surface area contributed by atoms with Crippen molar-refractivity contribution >= 4 is 11.3 Å². The monoisotopic (exact) mass is 291 g/mol. The molecule has 0 radical (unpaired) electrons. The van der Waals surface area contributed by atoms with Gasteiger partial charge in [-0.3, -0.25) is 0 Å². The molecule has 4 nitrogen and oxygen atoms in total. The summed E-state index contributed by atoms with van der Waals surface area (Å²) in [7, 11) is 0. The van der Waals surface area contributed by atoms with Gasteiger partial charge in [0.15, 0.2) is 0 Å². The molecular formula is C15H21N3OS. The third-order valence-electron chi connectivity index (χ3n) is 3.48. The largest absolute Gasteiger partial charge is 0.425 e. The first-order chi connectivity index (χ1) is 9.90. The summed E-state index contributed by atoms with van der Waals surface area (Å²) in [5, 5.41) is 13.9. The van der Waals surface area contributed by atoms with Crippen LogP contribution < -0.4 is 5.32 Å². The van der Waals surface area contributed by atoms with E-state index >= 15 is 0 Å². The first-order valence-electron chi connectivity index (χ1n) is 7.47. The quantitative estimate of drug-likeness (QED) is 0.722. The molecule has 2 aromatic rings. The van der Waals surface area contributed by atoms with E-state index in [1.54, 1.807) is 0 Å². The second-order valence-corrected chi connectivity index (χ2v) is 6.39. The zero-order chi connectivity index (χ0) is 13.6. The van der Waals surface area contributed by atoms with Gasteiger partial charge < -0.3 is 9.73 Å². The van der Waals surface area contributed by atoms with Crippen LogP contribution in [0.5, 0.6) is 0 Å². The van der Waals surface area contributed by atoms with Crippen molar-refractivity contribution in [2.24, 2.45) is 0 Å². The lowest BCUT2D eigenvalue weighted by Gasteiger charge is -1.99. The van der Waals surface area contributed by atoms with Crippen molar-refractivity contribution in [1.82, 2.24) is 15.5 Å². The van der Waals surface area contributed by atoms with Gasteiger partial charge in [-0.2, -0.15) is 0 Å². The summed E-state index contributed by atoms with van der Waals surface area (Å²) in [5.41, 5.74) is 0. The third kappa shape index (κ3) is 4.42. The van der Waals surface area contributed by atoms with Gasteiger partial charge in [-0.1, -0.05) is 6.07 Å².